The van der Waals surface area contributed by atoms with Crippen molar-refractivity contribution in [2.24, 2.45) is 12.8 Å². The number of imidazole rings is 1. The molecule has 0 saturated carbocycles. The molecule has 0 spiro atoms. The molecule has 0 atom stereocenters. The summed E-state index contributed by atoms with van der Waals surface area (Å²) >= 11 is 0. The molecule has 2 heterocycles. The zero-order valence-corrected chi connectivity index (χ0v) is 7.78. The van der Waals surface area contributed by atoms with Crippen LogP contribution >= 0.6 is 0 Å². The van der Waals surface area contributed by atoms with Crippen molar-refractivity contribution in [1.29, 1.82) is 0 Å². The summed E-state index contributed by atoms with van der Waals surface area (Å²) in [5.41, 5.74) is 8.47. The number of aryl methyl sites for hydroxylation is 2. The van der Waals surface area contributed by atoms with E-state index in [1.807, 2.05) is 24.6 Å². The van der Waals surface area contributed by atoms with Crippen LogP contribution in [0.4, 0.5) is 0 Å². The molecule has 0 radical (unpaired) electrons. The van der Waals surface area contributed by atoms with Crippen molar-refractivity contribution in [1.82, 2.24) is 14.5 Å². The van der Waals surface area contributed by atoms with Crippen molar-refractivity contribution in [2.75, 3.05) is 0 Å². The van der Waals surface area contributed by atoms with Gasteiger partial charge in [0.05, 0.1) is 0 Å². The van der Waals surface area contributed by atoms with Gasteiger partial charge in [-0.05, 0) is 18.6 Å². The smallest absolute Gasteiger partial charge is 0.160 e. The van der Waals surface area contributed by atoms with Crippen LogP contribution < -0.4 is 5.73 Å². The summed E-state index contributed by atoms with van der Waals surface area (Å²) in [7, 11) is 1.96. The normalized spacial score (nSPS) is 11.0. The highest BCUT2D eigenvalue weighted by atomic mass is 15.1. The second kappa shape index (κ2) is 2.81. The van der Waals surface area contributed by atoms with Gasteiger partial charge in [-0.3, -0.25) is 0 Å². The minimum atomic E-state index is 0.509. The summed E-state index contributed by atoms with van der Waals surface area (Å²) in [5.74, 6) is 0.961. The van der Waals surface area contributed by atoms with Crippen molar-refractivity contribution in [3.63, 3.8) is 0 Å². The fourth-order valence-electron chi connectivity index (χ4n) is 1.40. The molecule has 2 aromatic rings. The van der Waals surface area contributed by atoms with Gasteiger partial charge in [0.1, 0.15) is 11.3 Å². The standard InChI is InChI=1S/C9H12N4/c1-6-12-8-7(5-10)3-4-11-9(8)13(6)2/h3-4H,5,10H2,1-2H3. The molecule has 0 aliphatic heterocycles. The van der Waals surface area contributed by atoms with Crippen molar-refractivity contribution in [2.45, 2.75) is 13.5 Å². The summed E-state index contributed by atoms with van der Waals surface area (Å²) < 4.78 is 1.97. The highest BCUT2D eigenvalue weighted by Crippen LogP contribution is 2.15. The van der Waals surface area contributed by atoms with Gasteiger partial charge in [0.2, 0.25) is 0 Å². The van der Waals surface area contributed by atoms with Crippen LogP contribution in [0.1, 0.15) is 11.4 Å². The Balaban J connectivity index is 2.84. The van der Waals surface area contributed by atoms with Crippen LogP contribution in [0.15, 0.2) is 12.3 Å². The predicted octanol–water partition coefficient (Wildman–Crippen LogP) is 0.735. The molecule has 0 aliphatic carbocycles. The summed E-state index contributed by atoms with van der Waals surface area (Å²) in [6, 6.07) is 1.91. The van der Waals surface area contributed by atoms with E-state index in [9.17, 15) is 0 Å². The molecule has 0 amide bonds. The fourth-order valence-corrected chi connectivity index (χ4v) is 1.40. The van der Waals surface area contributed by atoms with Crippen molar-refractivity contribution < 1.29 is 0 Å². The third-order valence-corrected chi connectivity index (χ3v) is 2.29. The number of hydrogen-bond donors (Lipinski definition) is 1. The second-order valence-corrected chi connectivity index (χ2v) is 3.06. The van der Waals surface area contributed by atoms with Gasteiger partial charge in [-0.25, -0.2) is 9.97 Å². The summed E-state index contributed by atoms with van der Waals surface area (Å²) in [6.07, 6.45) is 1.77. The highest BCUT2D eigenvalue weighted by Gasteiger charge is 2.07. The lowest BCUT2D eigenvalue weighted by molar-refractivity contribution is 0.874. The van der Waals surface area contributed by atoms with Gasteiger partial charge in [0.15, 0.2) is 5.65 Å². The van der Waals surface area contributed by atoms with Crippen LogP contribution in [-0.2, 0) is 13.6 Å². The van der Waals surface area contributed by atoms with Crippen molar-refractivity contribution in [3.8, 4) is 0 Å². The number of nitrogens with two attached hydrogens (primary N) is 1. The van der Waals surface area contributed by atoms with E-state index >= 15 is 0 Å². The Morgan fingerprint density at radius 1 is 1.54 bits per heavy atom. The van der Waals surface area contributed by atoms with Crippen LogP contribution in [0.2, 0.25) is 0 Å². The van der Waals surface area contributed by atoms with E-state index in [-0.39, 0.29) is 0 Å². The Kier molecular flexibility index (Phi) is 1.77. The Morgan fingerprint density at radius 2 is 2.31 bits per heavy atom. The molecule has 0 fully saturated rings. The first-order valence-electron chi connectivity index (χ1n) is 4.21. The van der Waals surface area contributed by atoms with Crippen molar-refractivity contribution >= 4 is 11.2 Å². The monoisotopic (exact) mass is 176 g/mol. The maximum atomic E-state index is 5.60. The molecule has 0 unspecified atom stereocenters. The van der Waals surface area contributed by atoms with E-state index in [2.05, 4.69) is 9.97 Å². The van der Waals surface area contributed by atoms with Crippen LogP contribution in [-0.4, -0.2) is 14.5 Å². The van der Waals surface area contributed by atoms with Gasteiger partial charge in [-0.1, -0.05) is 0 Å². The van der Waals surface area contributed by atoms with Gasteiger partial charge in [-0.15, -0.1) is 0 Å². The van der Waals surface area contributed by atoms with Gasteiger partial charge < -0.3 is 10.3 Å². The van der Waals surface area contributed by atoms with Gasteiger partial charge in [-0.2, -0.15) is 0 Å². The molecular weight excluding hydrogens is 164 g/mol. The maximum absolute atomic E-state index is 5.60. The number of nitrogens with zero attached hydrogens (tertiary/aromatic N) is 3. The molecule has 2 rings (SSSR count). The largest absolute Gasteiger partial charge is 0.326 e. The fraction of sp³-hybridized carbons (Fsp3) is 0.333. The number of rotatable bonds is 1. The molecule has 0 saturated heterocycles. The van der Waals surface area contributed by atoms with Gasteiger partial charge in [0, 0.05) is 19.8 Å². The second-order valence-electron chi connectivity index (χ2n) is 3.06. The lowest BCUT2D eigenvalue weighted by Crippen LogP contribution is -1.98. The van der Waals surface area contributed by atoms with Gasteiger partial charge in [0.25, 0.3) is 0 Å². The molecule has 0 aliphatic rings. The highest BCUT2D eigenvalue weighted by molar-refractivity contribution is 5.75. The van der Waals surface area contributed by atoms with E-state index in [0.29, 0.717) is 6.54 Å². The first-order chi connectivity index (χ1) is 6.24. The molecule has 68 valence electrons. The summed E-state index contributed by atoms with van der Waals surface area (Å²) in [4.78, 5) is 8.66. The number of hydrogen-bond acceptors (Lipinski definition) is 3. The van der Waals surface area contributed by atoms with Crippen LogP contribution in [0.3, 0.4) is 0 Å². The van der Waals surface area contributed by atoms with E-state index in [1.165, 1.54) is 0 Å². The average Bonchev–Trinajstić information content (AvgIpc) is 2.43. The number of fused-ring (bicyclic) bond motifs is 1. The predicted molar refractivity (Wildman–Crippen MR) is 51.1 cm³/mol. The van der Waals surface area contributed by atoms with E-state index in [0.717, 1.165) is 22.6 Å². The molecule has 0 bridgehead atoms. The molecule has 0 aromatic carbocycles. The van der Waals surface area contributed by atoms with Crippen molar-refractivity contribution in [3.05, 3.63) is 23.7 Å². The van der Waals surface area contributed by atoms with E-state index in [4.69, 9.17) is 5.73 Å². The van der Waals surface area contributed by atoms with E-state index < -0.39 is 0 Å². The molecule has 4 nitrogen and oxygen atoms in total. The number of pyridine rings is 1. The van der Waals surface area contributed by atoms with E-state index in [1.54, 1.807) is 6.20 Å². The van der Waals surface area contributed by atoms with Crippen LogP contribution in [0.5, 0.6) is 0 Å². The Bertz CT molecular complexity index is 444. The molecule has 4 heteroatoms. The first-order valence-corrected chi connectivity index (χ1v) is 4.21. The average molecular weight is 176 g/mol. The number of aromatic nitrogens is 3. The van der Waals surface area contributed by atoms with Crippen LogP contribution in [0, 0.1) is 6.92 Å². The minimum Gasteiger partial charge on any atom is -0.326 e. The quantitative estimate of drug-likeness (QED) is 0.697. The molecule has 13 heavy (non-hydrogen) atoms. The Hall–Kier alpha value is -1.42. The molecule has 2 N–H and O–H groups in total. The SMILES string of the molecule is Cc1nc2c(CN)ccnc2n1C. The lowest BCUT2D eigenvalue weighted by Gasteiger charge is -1.97. The third kappa shape index (κ3) is 1.10. The molecular formula is C9H12N4. The lowest BCUT2D eigenvalue weighted by atomic mass is 10.2. The minimum absolute atomic E-state index is 0.509. The zero-order chi connectivity index (χ0) is 9.42. The summed E-state index contributed by atoms with van der Waals surface area (Å²) in [6.45, 7) is 2.47. The van der Waals surface area contributed by atoms with Crippen LogP contribution in [0.25, 0.3) is 11.2 Å². The Morgan fingerprint density at radius 3 is 3.00 bits per heavy atom. The topological polar surface area (TPSA) is 56.7 Å². The summed E-state index contributed by atoms with van der Waals surface area (Å²) in [5, 5.41) is 0. The van der Waals surface area contributed by atoms with Gasteiger partial charge >= 0.3 is 0 Å². The first kappa shape index (κ1) is 8.19. The maximum Gasteiger partial charge on any atom is 0.160 e. The third-order valence-electron chi connectivity index (χ3n) is 2.29. The Labute approximate surface area is 76.4 Å². The zero-order valence-electron chi connectivity index (χ0n) is 7.78. The molecule has 2 aromatic heterocycles.